The molecule has 0 unspecified atom stereocenters. The SMILES string of the molecule is Cc1cc(C(=O)N2CCO[C@H]3CCC[C@@H]32)c(C)n1Cc1ccco1. The van der Waals surface area contributed by atoms with Crippen molar-refractivity contribution in [2.45, 2.75) is 51.8 Å². The second-order valence-corrected chi connectivity index (χ2v) is 6.86. The van der Waals surface area contributed by atoms with Crippen LogP contribution in [0.3, 0.4) is 0 Å². The largest absolute Gasteiger partial charge is 0.467 e. The molecule has 1 amide bonds. The van der Waals surface area contributed by atoms with E-state index in [2.05, 4.69) is 4.57 Å². The molecule has 0 radical (unpaired) electrons. The smallest absolute Gasteiger partial charge is 0.256 e. The topological polar surface area (TPSA) is 47.6 Å². The molecular formula is C19H24N2O3. The Balaban J connectivity index is 1.60. The summed E-state index contributed by atoms with van der Waals surface area (Å²) in [4.78, 5) is 15.2. The van der Waals surface area contributed by atoms with Gasteiger partial charge >= 0.3 is 0 Å². The van der Waals surface area contributed by atoms with Gasteiger partial charge in [0.1, 0.15) is 5.76 Å². The van der Waals surface area contributed by atoms with Crippen molar-refractivity contribution in [2.24, 2.45) is 0 Å². The Morgan fingerprint density at radius 2 is 2.21 bits per heavy atom. The second kappa shape index (κ2) is 6.13. The number of aromatic nitrogens is 1. The first kappa shape index (κ1) is 15.5. The average molecular weight is 328 g/mol. The van der Waals surface area contributed by atoms with E-state index < -0.39 is 0 Å². The maximum Gasteiger partial charge on any atom is 0.256 e. The minimum Gasteiger partial charge on any atom is -0.467 e. The van der Waals surface area contributed by atoms with Crippen LogP contribution in [-0.4, -0.2) is 40.7 Å². The van der Waals surface area contributed by atoms with Crippen molar-refractivity contribution in [1.29, 1.82) is 0 Å². The Morgan fingerprint density at radius 1 is 1.33 bits per heavy atom. The maximum absolute atomic E-state index is 13.2. The number of furan rings is 1. The van der Waals surface area contributed by atoms with E-state index in [4.69, 9.17) is 9.15 Å². The number of hydrogen-bond acceptors (Lipinski definition) is 3. The van der Waals surface area contributed by atoms with Gasteiger partial charge in [-0.3, -0.25) is 4.79 Å². The summed E-state index contributed by atoms with van der Waals surface area (Å²) < 4.78 is 13.4. The molecule has 1 aliphatic carbocycles. The molecule has 2 atom stereocenters. The van der Waals surface area contributed by atoms with Gasteiger partial charge in [0.15, 0.2) is 0 Å². The van der Waals surface area contributed by atoms with Crippen LogP contribution in [0.15, 0.2) is 28.9 Å². The van der Waals surface area contributed by atoms with Crippen LogP contribution >= 0.6 is 0 Å². The van der Waals surface area contributed by atoms with E-state index >= 15 is 0 Å². The maximum atomic E-state index is 13.2. The third-order valence-electron chi connectivity index (χ3n) is 5.44. The molecule has 1 saturated carbocycles. The van der Waals surface area contributed by atoms with Gasteiger partial charge in [0.25, 0.3) is 5.91 Å². The monoisotopic (exact) mass is 328 g/mol. The van der Waals surface area contributed by atoms with Gasteiger partial charge in [0.2, 0.25) is 0 Å². The van der Waals surface area contributed by atoms with E-state index in [1.807, 2.05) is 36.9 Å². The highest BCUT2D eigenvalue weighted by atomic mass is 16.5. The van der Waals surface area contributed by atoms with Crippen LogP contribution in [0.5, 0.6) is 0 Å². The molecule has 24 heavy (non-hydrogen) atoms. The fraction of sp³-hybridized carbons (Fsp3) is 0.526. The Hall–Kier alpha value is -2.01. The number of fused-ring (bicyclic) bond motifs is 1. The lowest BCUT2D eigenvalue weighted by molar-refractivity contribution is -0.0445. The lowest BCUT2D eigenvalue weighted by Crippen LogP contribution is -2.51. The zero-order valence-corrected chi connectivity index (χ0v) is 14.3. The quantitative estimate of drug-likeness (QED) is 0.869. The van der Waals surface area contributed by atoms with Crippen molar-refractivity contribution >= 4 is 5.91 Å². The third-order valence-corrected chi connectivity index (χ3v) is 5.44. The van der Waals surface area contributed by atoms with Gasteiger partial charge in [-0.2, -0.15) is 0 Å². The fourth-order valence-electron chi connectivity index (χ4n) is 4.15. The summed E-state index contributed by atoms with van der Waals surface area (Å²) in [7, 11) is 0. The first-order valence-corrected chi connectivity index (χ1v) is 8.77. The summed E-state index contributed by atoms with van der Waals surface area (Å²) in [6.45, 7) is 6.08. The summed E-state index contributed by atoms with van der Waals surface area (Å²) in [6, 6.07) is 6.12. The Bertz CT molecular complexity index is 732. The van der Waals surface area contributed by atoms with Gasteiger partial charge in [-0.05, 0) is 51.3 Å². The van der Waals surface area contributed by atoms with Gasteiger partial charge in [-0.15, -0.1) is 0 Å². The second-order valence-electron chi connectivity index (χ2n) is 6.86. The Labute approximate surface area is 142 Å². The molecule has 2 aromatic heterocycles. The number of carbonyl (C=O) groups is 1. The zero-order chi connectivity index (χ0) is 16.7. The molecule has 2 aliphatic rings. The summed E-state index contributed by atoms with van der Waals surface area (Å²) in [5, 5.41) is 0. The molecule has 5 nitrogen and oxygen atoms in total. The number of amides is 1. The Morgan fingerprint density at radius 3 is 3.00 bits per heavy atom. The molecule has 1 aliphatic heterocycles. The van der Waals surface area contributed by atoms with Crippen LogP contribution in [0.2, 0.25) is 0 Å². The van der Waals surface area contributed by atoms with E-state index in [9.17, 15) is 4.79 Å². The Kier molecular flexibility index (Phi) is 3.96. The average Bonchev–Trinajstić information content (AvgIpc) is 3.30. The summed E-state index contributed by atoms with van der Waals surface area (Å²) in [5.41, 5.74) is 2.91. The summed E-state index contributed by atoms with van der Waals surface area (Å²) >= 11 is 0. The third kappa shape index (κ3) is 2.57. The van der Waals surface area contributed by atoms with Crippen LogP contribution in [0.4, 0.5) is 0 Å². The number of hydrogen-bond donors (Lipinski definition) is 0. The summed E-state index contributed by atoms with van der Waals surface area (Å²) in [5.74, 6) is 1.05. The highest BCUT2D eigenvalue weighted by molar-refractivity contribution is 5.96. The first-order valence-electron chi connectivity index (χ1n) is 8.77. The number of aryl methyl sites for hydroxylation is 1. The molecule has 1 saturated heterocycles. The van der Waals surface area contributed by atoms with Gasteiger partial charge in [0.05, 0.1) is 37.1 Å². The van der Waals surface area contributed by atoms with Gasteiger partial charge in [-0.1, -0.05) is 0 Å². The standard InChI is InChI=1S/C19H24N2O3/c1-13-11-16(14(2)21(13)12-15-5-4-9-23-15)19(22)20-8-10-24-18-7-3-6-17(18)20/h4-5,9,11,17-18H,3,6-8,10,12H2,1-2H3/t17-,18-/m0/s1. The molecular weight excluding hydrogens is 304 g/mol. The molecule has 128 valence electrons. The van der Waals surface area contributed by atoms with Crippen molar-refractivity contribution in [2.75, 3.05) is 13.2 Å². The van der Waals surface area contributed by atoms with Crippen LogP contribution in [0.1, 0.15) is 46.8 Å². The highest BCUT2D eigenvalue weighted by Crippen LogP contribution is 2.31. The van der Waals surface area contributed by atoms with Crippen molar-refractivity contribution < 1.29 is 13.9 Å². The van der Waals surface area contributed by atoms with E-state index in [1.165, 1.54) is 0 Å². The molecule has 0 spiro atoms. The normalized spacial score (nSPS) is 23.5. The van der Waals surface area contributed by atoms with Crippen LogP contribution < -0.4 is 0 Å². The fourth-order valence-corrected chi connectivity index (χ4v) is 4.15. The molecule has 0 N–H and O–H groups in total. The van der Waals surface area contributed by atoms with Crippen LogP contribution in [-0.2, 0) is 11.3 Å². The van der Waals surface area contributed by atoms with Crippen molar-refractivity contribution in [3.05, 3.63) is 47.2 Å². The van der Waals surface area contributed by atoms with Crippen LogP contribution in [0.25, 0.3) is 0 Å². The number of rotatable bonds is 3. The van der Waals surface area contributed by atoms with E-state index in [1.54, 1.807) is 6.26 Å². The number of nitrogens with zero attached hydrogens (tertiary/aromatic N) is 2. The van der Waals surface area contributed by atoms with Crippen LogP contribution in [0, 0.1) is 13.8 Å². The van der Waals surface area contributed by atoms with Crippen molar-refractivity contribution in [3.63, 3.8) is 0 Å². The minimum atomic E-state index is 0.147. The minimum absolute atomic E-state index is 0.147. The molecule has 0 bridgehead atoms. The number of carbonyl (C=O) groups excluding carboxylic acids is 1. The van der Waals surface area contributed by atoms with Gasteiger partial charge < -0.3 is 18.6 Å². The predicted molar refractivity (Wildman–Crippen MR) is 90.1 cm³/mol. The molecule has 3 heterocycles. The number of ether oxygens (including phenoxy) is 1. The van der Waals surface area contributed by atoms with Gasteiger partial charge in [0, 0.05) is 17.9 Å². The molecule has 2 aromatic rings. The lowest BCUT2D eigenvalue weighted by Gasteiger charge is -2.37. The van der Waals surface area contributed by atoms with Crippen molar-refractivity contribution in [3.8, 4) is 0 Å². The molecule has 2 fully saturated rings. The number of morpholine rings is 1. The molecule has 0 aromatic carbocycles. The molecule has 4 rings (SSSR count). The van der Waals surface area contributed by atoms with E-state index in [-0.39, 0.29) is 18.1 Å². The van der Waals surface area contributed by atoms with E-state index in [0.717, 1.165) is 42.0 Å². The highest BCUT2D eigenvalue weighted by Gasteiger charge is 2.39. The summed E-state index contributed by atoms with van der Waals surface area (Å²) in [6.07, 6.45) is 5.20. The lowest BCUT2D eigenvalue weighted by atomic mass is 10.1. The zero-order valence-electron chi connectivity index (χ0n) is 14.3. The van der Waals surface area contributed by atoms with Crippen molar-refractivity contribution in [1.82, 2.24) is 9.47 Å². The predicted octanol–water partition coefficient (Wildman–Crippen LogP) is 3.14. The molecule has 5 heteroatoms. The van der Waals surface area contributed by atoms with Gasteiger partial charge in [-0.25, -0.2) is 0 Å². The van der Waals surface area contributed by atoms with E-state index in [0.29, 0.717) is 19.7 Å². The first-order chi connectivity index (χ1) is 11.6.